The largest absolute Gasteiger partial charge is 0.352 e. The van der Waals surface area contributed by atoms with Crippen LogP contribution in [0.2, 0.25) is 0 Å². The first-order chi connectivity index (χ1) is 12.8. The molecule has 2 aromatic rings. The summed E-state index contributed by atoms with van der Waals surface area (Å²) in [6, 6.07) is 12.0. The highest BCUT2D eigenvalue weighted by atomic mass is 32.2. The number of halogens is 1. The Hall–Kier alpha value is -2.25. The van der Waals surface area contributed by atoms with Crippen LogP contribution in [0.3, 0.4) is 0 Å². The molecule has 27 heavy (non-hydrogen) atoms. The van der Waals surface area contributed by atoms with E-state index in [1.165, 1.54) is 40.7 Å². The van der Waals surface area contributed by atoms with Crippen LogP contribution in [0.1, 0.15) is 35.7 Å². The minimum atomic E-state index is -3.54. The molecular formula is C20H25FN2O3S. The van der Waals surface area contributed by atoms with Crippen molar-refractivity contribution in [2.45, 2.75) is 31.1 Å². The van der Waals surface area contributed by atoms with Gasteiger partial charge in [-0.1, -0.05) is 25.5 Å². The second-order valence-corrected chi connectivity index (χ2v) is 8.38. The third-order valence-electron chi connectivity index (χ3n) is 4.26. The number of carbonyl (C=O) groups is 1. The van der Waals surface area contributed by atoms with E-state index in [0.29, 0.717) is 25.1 Å². The summed E-state index contributed by atoms with van der Waals surface area (Å²) in [7, 11) is -1.98. The van der Waals surface area contributed by atoms with Crippen molar-refractivity contribution in [3.63, 3.8) is 0 Å². The van der Waals surface area contributed by atoms with E-state index < -0.39 is 10.0 Å². The van der Waals surface area contributed by atoms with Crippen LogP contribution in [0, 0.1) is 5.82 Å². The average Bonchev–Trinajstić information content (AvgIpc) is 2.67. The van der Waals surface area contributed by atoms with Gasteiger partial charge in [-0.2, -0.15) is 0 Å². The summed E-state index contributed by atoms with van der Waals surface area (Å²) in [6.45, 7) is 2.87. The molecule has 1 amide bonds. The van der Waals surface area contributed by atoms with Gasteiger partial charge in [0.2, 0.25) is 10.0 Å². The van der Waals surface area contributed by atoms with Gasteiger partial charge in [0.25, 0.3) is 5.91 Å². The van der Waals surface area contributed by atoms with Gasteiger partial charge in [0, 0.05) is 25.7 Å². The molecular weight excluding hydrogens is 367 g/mol. The summed E-state index contributed by atoms with van der Waals surface area (Å²) in [5, 5.41) is 2.78. The molecule has 0 radical (unpaired) electrons. The lowest BCUT2D eigenvalue weighted by molar-refractivity contribution is 0.0954. The molecule has 0 spiro atoms. The van der Waals surface area contributed by atoms with Gasteiger partial charge in [0.15, 0.2) is 0 Å². The molecule has 0 atom stereocenters. The molecule has 0 aliphatic carbocycles. The number of sulfonamides is 1. The van der Waals surface area contributed by atoms with Crippen LogP contribution in [-0.2, 0) is 16.4 Å². The van der Waals surface area contributed by atoms with Crippen LogP contribution in [0.4, 0.5) is 4.39 Å². The maximum Gasteiger partial charge on any atom is 0.251 e. The van der Waals surface area contributed by atoms with Gasteiger partial charge < -0.3 is 5.32 Å². The quantitative estimate of drug-likeness (QED) is 0.713. The van der Waals surface area contributed by atoms with Gasteiger partial charge in [0.05, 0.1) is 4.90 Å². The number of benzene rings is 2. The third-order valence-corrected chi connectivity index (χ3v) is 6.13. The number of nitrogens with zero attached hydrogens (tertiary/aromatic N) is 1. The lowest BCUT2D eigenvalue weighted by Gasteiger charge is -2.17. The highest BCUT2D eigenvalue weighted by molar-refractivity contribution is 7.89. The summed E-state index contributed by atoms with van der Waals surface area (Å²) in [5.74, 6) is -0.571. The molecule has 0 aliphatic rings. The van der Waals surface area contributed by atoms with E-state index in [9.17, 15) is 17.6 Å². The number of hydrogen-bond acceptors (Lipinski definition) is 3. The number of nitrogens with one attached hydrogen (secondary N) is 1. The minimum absolute atomic E-state index is 0.170. The molecule has 0 aliphatic heterocycles. The lowest BCUT2D eigenvalue weighted by atomic mass is 10.1. The van der Waals surface area contributed by atoms with Crippen molar-refractivity contribution >= 4 is 15.9 Å². The Balaban J connectivity index is 1.93. The maximum atomic E-state index is 12.9. The highest BCUT2D eigenvalue weighted by Gasteiger charge is 2.20. The van der Waals surface area contributed by atoms with Crippen molar-refractivity contribution in [1.29, 1.82) is 0 Å². The van der Waals surface area contributed by atoms with Crippen molar-refractivity contribution in [2.24, 2.45) is 0 Å². The third kappa shape index (κ3) is 5.87. The SMILES string of the molecule is CCCCN(C)S(=O)(=O)c1ccc(C(=O)NCCc2ccc(F)cc2)cc1. The van der Waals surface area contributed by atoms with Crippen LogP contribution in [0.15, 0.2) is 53.4 Å². The zero-order chi connectivity index (χ0) is 19.9. The zero-order valence-corrected chi connectivity index (χ0v) is 16.4. The first kappa shape index (κ1) is 21.1. The average molecular weight is 392 g/mol. The molecule has 0 saturated heterocycles. The molecule has 0 bridgehead atoms. The molecule has 0 saturated carbocycles. The molecule has 1 N–H and O–H groups in total. The zero-order valence-electron chi connectivity index (χ0n) is 15.6. The standard InChI is InChI=1S/C20H25FN2O3S/c1-3-4-15-23(2)27(25,26)19-11-7-17(8-12-19)20(24)22-14-13-16-5-9-18(21)10-6-16/h5-12H,3-4,13-15H2,1-2H3,(H,22,24). The van der Waals surface area contributed by atoms with Crippen LogP contribution >= 0.6 is 0 Å². The Morgan fingerprint density at radius 2 is 1.70 bits per heavy atom. The van der Waals surface area contributed by atoms with Crippen LogP contribution in [0.5, 0.6) is 0 Å². The predicted octanol–water partition coefficient (Wildman–Crippen LogP) is 3.22. The van der Waals surface area contributed by atoms with Crippen molar-refractivity contribution in [3.05, 3.63) is 65.5 Å². The van der Waals surface area contributed by atoms with Gasteiger partial charge in [-0.15, -0.1) is 0 Å². The molecule has 0 aromatic heterocycles. The number of amides is 1. The van der Waals surface area contributed by atoms with Crippen molar-refractivity contribution < 1.29 is 17.6 Å². The topological polar surface area (TPSA) is 66.5 Å². The van der Waals surface area contributed by atoms with E-state index >= 15 is 0 Å². The fourth-order valence-corrected chi connectivity index (χ4v) is 3.74. The molecule has 0 unspecified atom stereocenters. The van der Waals surface area contributed by atoms with E-state index in [1.807, 2.05) is 6.92 Å². The first-order valence-corrected chi connectivity index (χ1v) is 10.4. The summed E-state index contributed by atoms with van der Waals surface area (Å²) >= 11 is 0. The maximum absolute atomic E-state index is 12.9. The molecule has 2 aromatic carbocycles. The van der Waals surface area contributed by atoms with Gasteiger partial charge in [-0.05, 0) is 54.8 Å². The van der Waals surface area contributed by atoms with Gasteiger partial charge >= 0.3 is 0 Å². The molecule has 0 fully saturated rings. The van der Waals surface area contributed by atoms with Gasteiger partial charge in [-0.3, -0.25) is 4.79 Å². The summed E-state index contributed by atoms with van der Waals surface area (Å²) in [6.07, 6.45) is 2.29. The van der Waals surface area contributed by atoms with Crippen molar-refractivity contribution in [1.82, 2.24) is 9.62 Å². The van der Waals surface area contributed by atoms with E-state index in [1.54, 1.807) is 19.2 Å². The van der Waals surface area contributed by atoms with Crippen LogP contribution < -0.4 is 5.32 Å². The molecule has 5 nitrogen and oxygen atoms in total. The van der Waals surface area contributed by atoms with E-state index in [4.69, 9.17) is 0 Å². The normalized spacial score (nSPS) is 11.6. The fraction of sp³-hybridized carbons (Fsp3) is 0.350. The van der Waals surface area contributed by atoms with E-state index in [-0.39, 0.29) is 16.6 Å². The first-order valence-electron chi connectivity index (χ1n) is 8.93. The second-order valence-electron chi connectivity index (χ2n) is 6.34. The number of carbonyl (C=O) groups excluding carboxylic acids is 1. The number of hydrogen-bond donors (Lipinski definition) is 1. The minimum Gasteiger partial charge on any atom is -0.352 e. The molecule has 7 heteroatoms. The molecule has 0 heterocycles. The summed E-state index contributed by atoms with van der Waals surface area (Å²) in [4.78, 5) is 12.4. The smallest absolute Gasteiger partial charge is 0.251 e. The van der Waals surface area contributed by atoms with Gasteiger partial charge in [0.1, 0.15) is 5.82 Å². The Morgan fingerprint density at radius 1 is 1.07 bits per heavy atom. The second kappa shape index (κ2) is 9.62. The van der Waals surface area contributed by atoms with Gasteiger partial charge in [-0.25, -0.2) is 17.1 Å². The Bertz CT molecular complexity index is 850. The van der Waals surface area contributed by atoms with Crippen LogP contribution in [0.25, 0.3) is 0 Å². The van der Waals surface area contributed by atoms with Crippen molar-refractivity contribution in [2.75, 3.05) is 20.1 Å². The Kier molecular flexibility index (Phi) is 7.50. The molecule has 2 rings (SSSR count). The summed E-state index contributed by atoms with van der Waals surface area (Å²) < 4.78 is 39.1. The fourth-order valence-electron chi connectivity index (χ4n) is 2.53. The Morgan fingerprint density at radius 3 is 2.30 bits per heavy atom. The van der Waals surface area contributed by atoms with E-state index in [2.05, 4.69) is 5.32 Å². The van der Waals surface area contributed by atoms with E-state index in [0.717, 1.165) is 18.4 Å². The number of unbranched alkanes of at least 4 members (excludes halogenated alkanes) is 1. The predicted molar refractivity (Wildman–Crippen MR) is 104 cm³/mol. The number of rotatable bonds is 9. The molecule has 146 valence electrons. The lowest BCUT2D eigenvalue weighted by Crippen LogP contribution is -2.28. The Labute approximate surface area is 160 Å². The van der Waals surface area contributed by atoms with Crippen molar-refractivity contribution in [3.8, 4) is 0 Å². The highest BCUT2D eigenvalue weighted by Crippen LogP contribution is 2.16. The summed E-state index contributed by atoms with van der Waals surface area (Å²) in [5.41, 5.74) is 1.32. The monoisotopic (exact) mass is 392 g/mol. The van der Waals surface area contributed by atoms with Crippen LogP contribution in [-0.4, -0.2) is 38.8 Å².